The van der Waals surface area contributed by atoms with Gasteiger partial charge in [0.1, 0.15) is 0 Å². The van der Waals surface area contributed by atoms with Crippen LogP contribution in [0.5, 0.6) is 0 Å². The zero-order valence-corrected chi connectivity index (χ0v) is 9.54. The zero-order chi connectivity index (χ0) is 11.5. The number of carbonyl (C=O) groups excluding carboxylic acids is 1. The van der Waals surface area contributed by atoms with Crippen molar-refractivity contribution in [2.45, 2.75) is 6.92 Å². The van der Waals surface area contributed by atoms with Crippen LogP contribution in [-0.2, 0) is 0 Å². The Labute approximate surface area is 97.1 Å². The van der Waals surface area contributed by atoms with Crippen LogP contribution in [0.4, 0.5) is 11.4 Å². The molecule has 0 spiro atoms. The molecule has 0 fully saturated rings. The number of nitrogens with zero attached hydrogens (tertiary/aromatic N) is 1. The zero-order valence-electron chi connectivity index (χ0n) is 8.73. The van der Waals surface area contributed by atoms with E-state index in [4.69, 9.17) is 5.73 Å². The van der Waals surface area contributed by atoms with E-state index in [-0.39, 0.29) is 5.91 Å². The van der Waals surface area contributed by atoms with Crippen LogP contribution in [0.3, 0.4) is 0 Å². The molecule has 0 unspecified atom stereocenters. The molecule has 0 aliphatic heterocycles. The van der Waals surface area contributed by atoms with Gasteiger partial charge in [0.2, 0.25) is 0 Å². The number of nitrogens with two attached hydrogens (primary N) is 1. The lowest BCUT2D eigenvalue weighted by atomic mass is 10.2. The molecule has 4 nitrogen and oxygen atoms in total. The molecule has 16 heavy (non-hydrogen) atoms. The summed E-state index contributed by atoms with van der Waals surface area (Å²) in [5.41, 5.74) is 7.71. The molecular formula is C11H11N3OS. The molecule has 0 saturated heterocycles. The predicted molar refractivity (Wildman–Crippen MR) is 65.7 cm³/mol. The van der Waals surface area contributed by atoms with Gasteiger partial charge in [-0.1, -0.05) is 0 Å². The molecule has 2 heterocycles. The number of thiophene rings is 1. The van der Waals surface area contributed by atoms with Crippen molar-refractivity contribution in [3.05, 3.63) is 40.3 Å². The SMILES string of the molecule is Cc1ccsc1C(=O)Nc1ccncc1N. The van der Waals surface area contributed by atoms with E-state index in [9.17, 15) is 4.79 Å². The van der Waals surface area contributed by atoms with Gasteiger partial charge in [-0.15, -0.1) is 11.3 Å². The lowest BCUT2D eigenvalue weighted by Gasteiger charge is -2.06. The smallest absolute Gasteiger partial charge is 0.266 e. The Morgan fingerprint density at radius 1 is 1.50 bits per heavy atom. The summed E-state index contributed by atoms with van der Waals surface area (Å²) >= 11 is 1.41. The van der Waals surface area contributed by atoms with Crippen molar-refractivity contribution in [1.29, 1.82) is 0 Å². The minimum atomic E-state index is -0.134. The number of aromatic nitrogens is 1. The second kappa shape index (κ2) is 4.32. The second-order valence-corrected chi connectivity index (χ2v) is 4.27. The third kappa shape index (κ3) is 2.04. The van der Waals surface area contributed by atoms with E-state index in [1.54, 1.807) is 12.3 Å². The topological polar surface area (TPSA) is 68.0 Å². The maximum atomic E-state index is 11.9. The van der Waals surface area contributed by atoms with Gasteiger partial charge in [0.15, 0.2) is 0 Å². The lowest BCUT2D eigenvalue weighted by molar-refractivity contribution is 0.103. The molecule has 0 bridgehead atoms. The lowest BCUT2D eigenvalue weighted by Crippen LogP contribution is -2.12. The van der Waals surface area contributed by atoms with Crippen molar-refractivity contribution in [2.75, 3.05) is 11.1 Å². The summed E-state index contributed by atoms with van der Waals surface area (Å²) in [4.78, 5) is 16.4. The molecule has 2 aromatic rings. The first kappa shape index (κ1) is 10.6. The van der Waals surface area contributed by atoms with E-state index in [2.05, 4.69) is 10.3 Å². The molecular weight excluding hydrogens is 222 g/mol. The molecule has 2 rings (SSSR count). The highest BCUT2D eigenvalue weighted by Gasteiger charge is 2.11. The van der Waals surface area contributed by atoms with Crippen molar-refractivity contribution in [1.82, 2.24) is 4.98 Å². The van der Waals surface area contributed by atoms with Gasteiger partial charge in [-0.05, 0) is 30.0 Å². The third-order valence-electron chi connectivity index (χ3n) is 2.17. The van der Waals surface area contributed by atoms with Crippen LogP contribution in [0.25, 0.3) is 0 Å². The first-order valence-electron chi connectivity index (χ1n) is 4.73. The van der Waals surface area contributed by atoms with E-state index in [1.165, 1.54) is 17.5 Å². The number of aryl methyl sites for hydroxylation is 1. The Kier molecular flexibility index (Phi) is 2.87. The molecule has 0 saturated carbocycles. The van der Waals surface area contributed by atoms with Gasteiger partial charge in [0, 0.05) is 6.20 Å². The first-order chi connectivity index (χ1) is 7.68. The van der Waals surface area contributed by atoms with E-state index >= 15 is 0 Å². The number of rotatable bonds is 2. The van der Waals surface area contributed by atoms with Crippen molar-refractivity contribution in [3.8, 4) is 0 Å². The normalized spacial score (nSPS) is 10.1. The molecule has 82 valence electrons. The Hall–Kier alpha value is -1.88. The molecule has 0 radical (unpaired) electrons. The van der Waals surface area contributed by atoms with Gasteiger partial charge in [0.25, 0.3) is 5.91 Å². The van der Waals surface area contributed by atoms with Crippen LogP contribution < -0.4 is 11.1 Å². The fourth-order valence-corrected chi connectivity index (χ4v) is 2.13. The predicted octanol–water partition coefficient (Wildman–Crippen LogP) is 2.29. The summed E-state index contributed by atoms with van der Waals surface area (Å²) in [6.45, 7) is 1.90. The highest BCUT2D eigenvalue weighted by Crippen LogP contribution is 2.20. The maximum Gasteiger partial charge on any atom is 0.266 e. The average Bonchev–Trinajstić information content (AvgIpc) is 2.68. The number of pyridine rings is 1. The molecule has 2 aromatic heterocycles. The number of hydrogen-bond donors (Lipinski definition) is 2. The standard InChI is InChI=1S/C11H11N3OS/c1-7-3-5-16-10(7)11(15)14-9-2-4-13-6-8(9)12/h2-6H,12H2,1H3,(H,13,14,15). The molecule has 0 aliphatic carbocycles. The Morgan fingerprint density at radius 2 is 2.31 bits per heavy atom. The Bertz CT molecular complexity index is 521. The quantitative estimate of drug-likeness (QED) is 0.836. The van der Waals surface area contributed by atoms with Crippen LogP contribution >= 0.6 is 11.3 Å². The third-order valence-corrected chi connectivity index (χ3v) is 3.18. The number of nitrogens with one attached hydrogen (secondary N) is 1. The van der Waals surface area contributed by atoms with Crippen LogP contribution in [0, 0.1) is 6.92 Å². The maximum absolute atomic E-state index is 11.9. The highest BCUT2D eigenvalue weighted by atomic mass is 32.1. The Balaban J connectivity index is 2.21. The number of hydrogen-bond acceptors (Lipinski definition) is 4. The minimum Gasteiger partial charge on any atom is -0.396 e. The van der Waals surface area contributed by atoms with Gasteiger partial charge in [-0.25, -0.2) is 0 Å². The van der Waals surface area contributed by atoms with Crippen LogP contribution in [0.15, 0.2) is 29.9 Å². The highest BCUT2D eigenvalue weighted by molar-refractivity contribution is 7.12. The fourth-order valence-electron chi connectivity index (χ4n) is 1.30. The number of amides is 1. The Morgan fingerprint density at radius 3 is 2.94 bits per heavy atom. The molecule has 0 aliphatic rings. The van der Waals surface area contributed by atoms with Crippen LogP contribution in [0.1, 0.15) is 15.2 Å². The van der Waals surface area contributed by atoms with Gasteiger partial charge >= 0.3 is 0 Å². The van der Waals surface area contributed by atoms with E-state index < -0.39 is 0 Å². The van der Waals surface area contributed by atoms with E-state index in [0.717, 1.165) is 5.56 Å². The van der Waals surface area contributed by atoms with E-state index in [1.807, 2.05) is 18.4 Å². The monoisotopic (exact) mass is 233 g/mol. The summed E-state index contributed by atoms with van der Waals surface area (Å²) in [6.07, 6.45) is 3.10. The molecule has 0 aromatic carbocycles. The molecule has 0 atom stereocenters. The minimum absolute atomic E-state index is 0.134. The number of nitrogen functional groups attached to an aromatic ring is 1. The second-order valence-electron chi connectivity index (χ2n) is 3.35. The largest absolute Gasteiger partial charge is 0.396 e. The van der Waals surface area contributed by atoms with Gasteiger partial charge in [-0.2, -0.15) is 0 Å². The van der Waals surface area contributed by atoms with Crippen molar-refractivity contribution in [2.24, 2.45) is 0 Å². The van der Waals surface area contributed by atoms with Crippen molar-refractivity contribution >= 4 is 28.6 Å². The first-order valence-corrected chi connectivity index (χ1v) is 5.61. The molecule has 1 amide bonds. The van der Waals surface area contributed by atoms with Gasteiger partial charge in [0.05, 0.1) is 22.4 Å². The molecule has 5 heteroatoms. The van der Waals surface area contributed by atoms with Gasteiger partial charge < -0.3 is 11.1 Å². The van der Waals surface area contributed by atoms with Gasteiger partial charge in [-0.3, -0.25) is 9.78 Å². The average molecular weight is 233 g/mol. The molecule has 3 N–H and O–H groups in total. The van der Waals surface area contributed by atoms with Crippen LogP contribution in [-0.4, -0.2) is 10.9 Å². The number of carbonyl (C=O) groups is 1. The number of anilines is 2. The van der Waals surface area contributed by atoms with Crippen LogP contribution in [0.2, 0.25) is 0 Å². The van der Waals surface area contributed by atoms with Crippen molar-refractivity contribution in [3.63, 3.8) is 0 Å². The summed E-state index contributed by atoms with van der Waals surface area (Å²) < 4.78 is 0. The summed E-state index contributed by atoms with van der Waals surface area (Å²) in [7, 11) is 0. The fraction of sp³-hybridized carbons (Fsp3) is 0.0909. The summed E-state index contributed by atoms with van der Waals surface area (Å²) in [5, 5.41) is 4.65. The summed E-state index contributed by atoms with van der Waals surface area (Å²) in [6, 6.07) is 3.59. The van der Waals surface area contributed by atoms with Crippen molar-refractivity contribution < 1.29 is 4.79 Å². The van der Waals surface area contributed by atoms with E-state index in [0.29, 0.717) is 16.3 Å². The summed E-state index contributed by atoms with van der Waals surface area (Å²) in [5.74, 6) is -0.134.